The van der Waals surface area contributed by atoms with Crippen molar-refractivity contribution in [1.82, 2.24) is 5.32 Å². The average molecular weight is 300 g/mol. The lowest BCUT2D eigenvalue weighted by molar-refractivity contribution is -0.139. The minimum absolute atomic E-state index is 0.152. The largest absolute Gasteiger partial charge is 0.481 e. The molecule has 0 bridgehead atoms. The summed E-state index contributed by atoms with van der Waals surface area (Å²) in [6, 6.07) is -1.42. The number of carbonyl (C=O) groups excluding carboxylic acids is 1. The highest BCUT2D eigenvalue weighted by Crippen LogP contribution is 2.39. The molecule has 1 fully saturated rings. The molecule has 0 radical (unpaired) electrons. The summed E-state index contributed by atoms with van der Waals surface area (Å²) in [5.74, 6) is 0.382. The lowest BCUT2D eigenvalue weighted by Crippen LogP contribution is -2.47. The first kappa shape index (κ1) is 17.9. The van der Waals surface area contributed by atoms with Crippen molar-refractivity contribution in [3.8, 4) is 0 Å². The molecule has 0 aromatic heterocycles. The molecule has 0 spiro atoms. The molecule has 1 rings (SSSR count). The molecule has 6 nitrogen and oxygen atoms in total. The zero-order valence-corrected chi connectivity index (χ0v) is 12.9. The monoisotopic (exact) mass is 300 g/mol. The van der Waals surface area contributed by atoms with Gasteiger partial charge in [-0.1, -0.05) is 26.7 Å². The summed E-state index contributed by atoms with van der Waals surface area (Å²) < 4.78 is 0. The van der Waals surface area contributed by atoms with Gasteiger partial charge in [-0.15, -0.1) is 0 Å². The molecule has 122 valence electrons. The summed E-state index contributed by atoms with van der Waals surface area (Å²) in [5.41, 5.74) is 5.51. The van der Waals surface area contributed by atoms with Gasteiger partial charge in [-0.2, -0.15) is 0 Å². The first-order chi connectivity index (χ1) is 9.85. The summed E-state index contributed by atoms with van der Waals surface area (Å²) in [5, 5.41) is 20.6. The highest BCUT2D eigenvalue weighted by molar-refractivity contribution is 5.86. The Morgan fingerprint density at radius 3 is 2.33 bits per heavy atom. The van der Waals surface area contributed by atoms with Crippen molar-refractivity contribution >= 4 is 11.9 Å². The lowest BCUT2D eigenvalue weighted by atomic mass is 9.86. The molecule has 6 heteroatoms. The maximum atomic E-state index is 11.8. The smallest absolute Gasteiger partial charge is 0.305 e. The number of aliphatic hydroxyl groups excluding tert-OH is 1. The molecule has 0 aromatic rings. The molecule has 3 unspecified atom stereocenters. The Morgan fingerprint density at radius 1 is 1.29 bits per heavy atom. The van der Waals surface area contributed by atoms with Crippen LogP contribution < -0.4 is 11.1 Å². The van der Waals surface area contributed by atoms with E-state index in [0.717, 1.165) is 6.42 Å². The zero-order chi connectivity index (χ0) is 16.0. The SMILES string of the molecule is CC1CCC(C)C1CCC(CO)NC(=O)[C@@H](N)CC(=O)O. The predicted molar refractivity (Wildman–Crippen MR) is 79.5 cm³/mol. The van der Waals surface area contributed by atoms with Crippen LogP contribution in [0.4, 0.5) is 0 Å². The van der Waals surface area contributed by atoms with Crippen LogP contribution >= 0.6 is 0 Å². The summed E-state index contributed by atoms with van der Waals surface area (Å²) in [7, 11) is 0. The quantitative estimate of drug-likeness (QED) is 0.528. The van der Waals surface area contributed by atoms with E-state index in [9.17, 15) is 14.7 Å². The van der Waals surface area contributed by atoms with Gasteiger partial charge < -0.3 is 21.3 Å². The van der Waals surface area contributed by atoms with E-state index in [-0.39, 0.29) is 12.6 Å². The van der Waals surface area contributed by atoms with Gasteiger partial charge in [0.05, 0.1) is 25.1 Å². The predicted octanol–water partition coefficient (Wildman–Crippen LogP) is 0.728. The summed E-state index contributed by atoms with van der Waals surface area (Å²) in [6.45, 7) is 4.36. The molecule has 0 aromatic carbocycles. The van der Waals surface area contributed by atoms with Crippen molar-refractivity contribution in [3.63, 3.8) is 0 Å². The number of carbonyl (C=O) groups is 2. The minimum Gasteiger partial charge on any atom is -0.481 e. The van der Waals surface area contributed by atoms with Crippen LogP contribution in [0.3, 0.4) is 0 Å². The molecule has 5 N–H and O–H groups in total. The normalized spacial score (nSPS) is 28.1. The van der Waals surface area contributed by atoms with Crippen molar-refractivity contribution in [3.05, 3.63) is 0 Å². The molecular formula is C15H28N2O4. The fourth-order valence-electron chi connectivity index (χ4n) is 3.28. The Labute approximate surface area is 126 Å². The molecule has 21 heavy (non-hydrogen) atoms. The summed E-state index contributed by atoms with van der Waals surface area (Å²) in [4.78, 5) is 22.3. The molecule has 0 heterocycles. The third-order valence-electron chi connectivity index (χ3n) is 4.69. The number of amides is 1. The van der Waals surface area contributed by atoms with E-state index in [1.807, 2.05) is 0 Å². The summed E-state index contributed by atoms with van der Waals surface area (Å²) >= 11 is 0. The fraction of sp³-hybridized carbons (Fsp3) is 0.867. The highest BCUT2D eigenvalue weighted by atomic mass is 16.4. The molecule has 0 saturated heterocycles. The van der Waals surface area contributed by atoms with Crippen molar-refractivity contribution in [2.24, 2.45) is 23.5 Å². The van der Waals surface area contributed by atoms with E-state index in [2.05, 4.69) is 19.2 Å². The van der Waals surface area contributed by atoms with E-state index in [1.165, 1.54) is 12.8 Å². The van der Waals surface area contributed by atoms with Gasteiger partial charge in [0.15, 0.2) is 0 Å². The van der Waals surface area contributed by atoms with Gasteiger partial charge in [-0.25, -0.2) is 0 Å². The van der Waals surface area contributed by atoms with E-state index in [1.54, 1.807) is 0 Å². The van der Waals surface area contributed by atoms with E-state index < -0.39 is 24.3 Å². The van der Waals surface area contributed by atoms with Crippen molar-refractivity contribution in [1.29, 1.82) is 0 Å². The van der Waals surface area contributed by atoms with E-state index in [4.69, 9.17) is 10.8 Å². The number of carboxylic acid groups (broad SMARTS) is 1. The van der Waals surface area contributed by atoms with E-state index >= 15 is 0 Å². The number of nitrogens with two attached hydrogens (primary N) is 1. The van der Waals surface area contributed by atoms with Crippen molar-refractivity contribution in [2.75, 3.05) is 6.61 Å². The Balaban J connectivity index is 2.40. The van der Waals surface area contributed by atoms with Gasteiger partial charge in [-0.05, 0) is 30.6 Å². The number of hydrogen-bond donors (Lipinski definition) is 4. The molecular weight excluding hydrogens is 272 g/mol. The first-order valence-corrected chi connectivity index (χ1v) is 7.73. The van der Waals surface area contributed by atoms with E-state index in [0.29, 0.717) is 24.2 Å². The van der Waals surface area contributed by atoms with Crippen LogP contribution in [0.2, 0.25) is 0 Å². The topological polar surface area (TPSA) is 113 Å². The molecule has 4 atom stereocenters. The maximum absolute atomic E-state index is 11.8. The number of aliphatic hydroxyl groups is 1. The second kappa shape index (κ2) is 8.34. The summed E-state index contributed by atoms with van der Waals surface area (Å²) in [6.07, 6.45) is 3.74. The molecule has 1 amide bonds. The second-order valence-corrected chi connectivity index (χ2v) is 6.37. The second-order valence-electron chi connectivity index (χ2n) is 6.37. The van der Waals surface area contributed by atoms with Crippen LogP contribution in [0.1, 0.15) is 46.0 Å². The third kappa shape index (κ3) is 5.63. The van der Waals surface area contributed by atoms with Gasteiger partial charge >= 0.3 is 5.97 Å². The van der Waals surface area contributed by atoms with Crippen LogP contribution in [-0.4, -0.2) is 40.8 Å². The average Bonchev–Trinajstić information content (AvgIpc) is 2.73. The molecule has 1 aliphatic carbocycles. The zero-order valence-electron chi connectivity index (χ0n) is 12.9. The van der Waals surface area contributed by atoms with Crippen LogP contribution in [0, 0.1) is 17.8 Å². The van der Waals surface area contributed by atoms with Crippen molar-refractivity contribution in [2.45, 2.75) is 58.0 Å². The molecule has 0 aliphatic heterocycles. The number of rotatable bonds is 8. The highest BCUT2D eigenvalue weighted by Gasteiger charge is 2.30. The van der Waals surface area contributed by atoms with Gasteiger partial charge in [0.2, 0.25) is 5.91 Å². The number of carboxylic acids is 1. The van der Waals surface area contributed by atoms with Crippen LogP contribution in [0.25, 0.3) is 0 Å². The third-order valence-corrected chi connectivity index (χ3v) is 4.69. The Kier molecular flexibility index (Phi) is 7.11. The van der Waals surface area contributed by atoms with Crippen LogP contribution in [0.15, 0.2) is 0 Å². The Bertz CT molecular complexity index is 352. The number of nitrogens with one attached hydrogen (secondary N) is 1. The van der Waals surface area contributed by atoms with Crippen molar-refractivity contribution < 1.29 is 19.8 Å². The lowest BCUT2D eigenvalue weighted by Gasteiger charge is -2.24. The van der Waals surface area contributed by atoms with Gasteiger partial charge in [0.25, 0.3) is 0 Å². The number of hydrogen-bond acceptors (Lipinski definition) is 4. The molecule has 1 aliphatic rings. The molecule has 1 saturated carbocycles. The van der Waals surface area contributed by atoms with Crippen LogP contribution in [-0.2, 0) is 9.59 Å². The maximum Gasteiger partial charge on any atom is 0.305 e. The van der Waals surface area contributed by atoms with Gasteiger partial charge in [0, 0.05) is 0 Å². The number of aliphatic carboxylic acids is 1. The van der Waals surface area contributed by atoms with Gasteiger partial charge in [-0.3, -0.25) is 9.59 Å². The van der Waals surface area contributed by atoms with Gasteiger partial charge in [0.1, 0.15) is 0 Å². The standard InChI is InChI=1S/C15H28N2O4/c1-9-3-4-10(2)12(9)6-5-11(8-18)17-15(21)13(16)7-14(19)20/h9-13,18H,3-8,16H2,1-2H3,(H,17,21)(H,19,20)/t9?,10?,11?,12?,13-/m0/s1. The Morgan fingerprint density at radius 2 is 1.86 bits per heavy atom. The van der Waals surface area contributed by atoms with Crippen LogP contribution in [0.5, 0.6) is 0 Å². The first-order valence-electron chi connectivity index (χ1n) is 7.73. The minimum atomic E-state index is -1.10. The fourth-order valence-corrected chi connectivity index (χ4v) is 3.28. The Hall–Kier alpha value is -1.14.